The fourth-order valence-corrected chi connectivity index (χ4v) is 17.7. The van der Waals surface area contributed by atoms with Gasteiger partial charge in [-0.1, -0.05) is 173 Å². The fraction of sp³-hybridized carbons (Fsp3) is 0.760. The van der Waals surface area contributed by atoms with Crippen LogP contribution in [0.4, 0.5) is 0 Å². The summed E-state index contributed by atoms with van der Waals surface area (Å²) >= 11 is 0. The quantitative estimate of drug-likeness (QED) is 0.0168. The molecular weight excluding hydrogens is 1720 g/mol. The number of tetrazole rings is 2. The van der Waals surface area contributed by atoms with Gasteiger partial charge >= 0.3 is 0 Å². The van der Waals surface area contributed by atoms with E-state index < -0.39 is 23.1 Å². The second-order valence-electron chi connectivity index (χ2n) is 44.4. The summed E-state index contributed by atoms with van der Waals surface area (Å²) in [6.45, 7) is 34.1. The van der Waals surface area contributed by atoms with Crippen molar-refractivity contribution in [1.82, 2.24) is 61.9 Å². The van der Waals surface area contributed by atoms with Crippen molar-refractivity contribution >= 4 is 0 Å². The van der Waals surface area contributed by atoms with Crippen LogP contribution in [0.1, 0.15) is 388 Å². The summed E-state index contributed by atoms with van der Waals surface area (Å²) in [7, 11) is 0. The molecule has 8 aromatic rings. The number of aromatic hydroxyl groups is 2. The van der Waals surface area contributed by atoms with Crippen LogP contribution in [0.2, 0.25) is 0 Å². The normalized spacial score (nSPS) is 14.4. The van der Waals surface area contributed by atoms with Crippen molar-refractivity contribution in [2.75, 3.05) is 0 Å². The van der Waals surface area contributed by atoms with Crippen molar-refractivity contribution in [3.63, 3.8) is 0 Å². The van der Waals surface area contributed by atoms with Crippen LogP contribution in [0.3, 0.4) is 0 Å². The van der Waals surface area contributed by atoms with Crippen LogP contribution >= 0.6 is 0 Å². The summed E-state index contributed by atoms with van der Waals surface area (Å²) in [5, 5.41) is 139. The Morgan fingerprint density at radius 2 is 0.507 bits per heavy atom. The van der Waals surface area contributed by atoms with E-state index in [0.29, 0.717) is 124 Å². The molecule has 0 aliphatic carbocycles. The Balaban J connectivity index is 0.000000316. The van der Waals surface area contributed by atoms with Gasteiger partial charge in [0, 0.05) is 62.8 Å². The highest BCUT2D eigenvalue weighted by Gasteiger charge is 2.30. The number of aliphatic hydroxyl groups is 8. The second-order valence-corrected chi connectivity index (χ2v) is 44.4. The molecule has 0 bridgehead atoms. The lowest BCUT2D eigenvalue weighted by atomic mass is 9.81. The van der Waals surface area contributed by atoms with Gasteiger partial charge in [0.15, 0.2) is 23.1 Å². The molecule has 0 fully saturated rings. The molecule has 8 rings (SSSR count). The minimum Gasteiger partial charge on any atom is -0.502 e. The van der Waals surface area contributed by atoms with Crippen molar-refractivity contribution in [1.29, 1.82) is 0 Å². The van der Waals surface area contributed by atoms with Gasteiger partial charge in [0.25, 0.3) is 22.2 Å². The third-order valence-electron chi connectivity index (χ3n) is 25.6. The highest BCUT2D eigenvalue weighted by molar-refractivity contribution is 5.17. The van der Waals surface area contributed by atoms with E-state index in [2.05, 4.69) is 173 Å². The van der Waals surface area contributed by atoms with Crippen molar-refractivity contribution < 1.29 is 78.0 Å². The predicted molar refractivity (Wildman–Crippen MR) is 513 cm³/mol. The lowest BCUT2D eigenvalue weighted by Crippen LogP contribution is -2.20. The maximum atomic E-state index is 11.6. The monoisotopic (exact) mass is 1890 g/mol. The van der Waals surface area contributed by atoms with Crippen molar-refractivity contribution in [2.24, 2.45) is 43.3 Å². The van der Waals surface area contributed by atoms with E-state index in [1.165, 1.54) is 36.8 Å². The minimum absolute atomic E-state index is 0.00566. The largest absolute Gasteiger partial charge is 0.502 e. The van der Waals surface area contributed by atoms with E-state index in [1.807, 2.05) is 0 Å². The van der Waals surface area contributed by atoms with Gasteiger partial charge in [-0.3, -0.25) is 28.8 Å². The molecule has 16 N–H and O–H groups in total. The number of nitrogens with one attached hydrogen (secondary N) is 6. The summed E-state index contributed by atoms with van der Waals surface area (Å²) < 4.78 is 30.6. The highest BCUT2D eigenvalue weighted by Crippen LogP contribution is 2.37. The van der Waals surface area contributed by atoms with Crippen molar-refractivity contribution in [2.45, 2.75) is 442 Å². The molecular formula is C100H168N12O22. The fourth-order valence-electron chi connectivity index (χ4n) is 17.7. The first-order chi connectivity index (χ1) is 62.8. The van der Waals surface area contributed by atoms with Gasteiger partial charge < -0.3 is 78.0 Å². The number of hydrogen-bond acceptors (Lipinski definition) is 28. The predicted octanol–water partition coefficient (Wildman–Crippen LogP) is 16.5. The molecule has 0 radical (unpaired) electrons. The number of aromatic nitrogens is 12. The molecule has 34 heteroatoms. The zero-order chi connectivity index (χ0) is 99.4. The molecule has 8 aromatic heterocycles. The van der Waals surface area contributed by atoms with Crippen LogP contribution in [0, 0.1) is 43.3 Å². The van der Waals surface area contributed by atoms with Gasteiger partial charge in [-0.15, -0.1) is 20.4 Å². The topological polar surface area (TPSA) is 556 Å². The highest BCUT2D eigenvalue weighted by atomic mass is 16.5. The van der Waals surface area contributed by atoms with Gasteiger partial charge in [0.05, 0.1) is 60.0 Å². The van der Waals surface area contributed by atoms with Gasteiger partial charge in [0.2, 0.25) is 10.9 Å². The molecule has 8 heterocycles. The van der Waals surface area contributed by atoms with E-state index in [-0.39, 0.29) is 114 Å². The first-order valence-electron chi connectivity index (χ1n) is 49.0. The Kier molecular flexibility index (Phi) is 49.7. The smallest absolute Gasteiger partial charge is 0.283 e. The number of aliphatic hydroxyl groups excluding tert-OH is 8. The van der Waals surface area contributed by atoms with Crippen LogP contribution in [0.15, 0.2) is 105 Å². The average Bonchev–Trinajstić information content (AvgIpc) is 1.13. The lowest BCUT2D eigenvalue weighted by molar-refractivity contribution is 0.115. The third kappa shape index (κ3) is 51.5. The van der Waals surface area contributed by atoms with E-state index in [4.69, 9.17) is 26.9 Å². The Labute approximate surface area is 790 Å². The van der Waals surface area contributed by atoms with E-state index >= 15 is 0 Å². The second kappa shape index (κ2) is 57.5. The molecule has 134 heavy (non-hydrogen) atoms. The average molecular weight is 1890 g/mol. The van der Waals surface area contributed by atoms with Crippen molar-refractivity contribution in [3.8, 4) is 11.5 Å². The standard InChI is InChI=1S/C29H44O8.2C25H42N2O6.C21H40N8O2/c1-28(2,16-22-14-24(32)26(34)18-36-22)12-6-10-20(30)8-5-9-21(31)11-7-13-29(3,4)17-23-15-25(33)27(35)19-37-23;1-24(2,14-18-16-32-26-22(18)30)12-6-10-20(28)8-5-9-21(29)11-7-13-25(3,4)15-19-17-33-27-23(19)31;1-24(2,16-20-14-22(30)26-32-20)12-6-10-18(28)8-5-9-19(29)11-7-13-25(3,4)17-21-15-23(31)27-33-21;1-20(2,14-18-22-26-27-23-18)12-6-10-16(30)8-5-9-17(31)11-7-13-21(3,4)15-19-24-28-29-25-19/h14-15,18-21,30-31,34-35H,5-13,16-17H2,1-4H3;16-17,20-21,28-29H,5-15H2,1-4H3,(H,26,30)(H,27,31);14-15,18-19,28-29H,5-13,16-17H2,1-4H3,(H,26,30)(H,27,31);16-17,30-31H,5-15H2,1-4H3,(H,22,23,26,27)(H,24,25,28,29). The zero-order valence-corrected chi connectivity index (χ0v) is 83.4. The van der Waals surface area contributed by atoms with Gasteiger partial charge in [-0.25, -0.2) is 0 Å². The molecule has 34 nitrogen and oxygen atoms in total. The Hall–Kier alpha value is -8.64. The number of aromatic amines is 6. The Morgan fingerprint density at radius 3 is 0.709 bits per heavy atom. The minimum atomic E-state index is -0.442. The third-order valence-corrected chi connectivity index (χ3v) is 25.6. The molecule has 8 unspecified atom stereocenters. The molecule has 0 amide bonds. The summed E-state index contributed by atoms with van der Waals surface area (Å²) in [5.41, 5.74) is -0.465. The zero-order valence-electron chi connectivity index (χ0n) is 83.4. The number of hydrogen-bond donors (Lipinski definition) is 16. The summed E-state index contributed by atoms with van der Waals surface area (Å²) in [4.78, 5) is 68.8. The number of rotatable bonds is 64. The van der Waals surface area contributed by atoms with Crippen molar-refractivity contribution in [3.05, 3.63) is 157 Å². The van der Waals surface area contributed by atoms with E-state index in [9.17, 15) is 79.8 Å². The molecule has 0 aromatic carbocycles. The summed E-state index contributed by atoms with van der Waals surface area (Å²) in [6.07, 6.45) is 36.8. The number of nitrogens with zero attached hydrogens (tertiary/aromatic N) is 6. The number of H-pyrrole nitrogens is 6. The first kappa shape index (κ1) is 116. The molecule has 8 atom stereocenters. The van der Waals surface area contributed by atoms with Crippen LogP contribution < -0.4 is 33.1 Å². The van der Waals surface area contributed by atoms with E-state index in [0.717, 1.165) is 217 Å². The molecule has 0 spiro atoms. The Morgan fingerprint density at radius 1 is 0.284 bits per heavy atom. The SMILES string of the molecule is CC(C)(CCCC(O)CCCC(O)CCCC(C)(C)Cc1cc(=O)[nH]o1)Cc1cc(=O)[nH]o1.CC(C)(CCCC(O)CCCC(O)CCCC(C)(C)Cc1cc(=O)c(O)co1)Cc1cc(=O)c(O)co1.CC(C)(CCCC(O)CCCC(O)CCCC(C)(C)Cc1co[nH]c1=O)Cc1co[nH]c1=O.CC(C)(CCCC(O)CCCC(O)CCCC(C)(C)Cc1nn[nH]n1)Cc1nn[nH]n1. The Bertz CT molecular complexity index is 4530. The molecule has 0 aliphatic rings. The molecule has 760 valence electrons. The van der Waals surface area contributed by atoms with Crippen LogP contribution in [0.5, 0.6) is 11.5 Å². The molecule has 0 saturated heterocycles. The van der Waals surface area contributed by atoms with Gasteiger partial charge in [-0.05, 0) is 236 Å². The van der Waals surface area contributed by atoms with Crippen LogP contribution in [0.25, 0.3) is 0 Å². The maximum absolute atomic E-state index is 11.6. The molecule has 0 saturated carbocycles. The lowest BCUT2D eigenvalue weighted by Gasteiger charge is -2.25. The van der Waals surface area contributed by atoms with Crippen LogP contribution in [-0.4, -0.2) is 162 Å². The molecule has 0 aliphatic heterocycles. The maximum Gasteiger partial charge on any atom is 0.283 e. The summed E-state index contributed by atoms with van der Waals surface area (Å²) in [5.74, 6) is 3.10. The van der Waals surface area contributed by atoms with Crippen LogP contribution in [-0.2, 0) is 51.4 Å². The van der Waals surface area contributed by atoms with E-state index in [1.54, 1.807) is 0 Å². The summed E-state index contributed by atoms with van der Waals surface area (Å²) in [6, 6.07) is 5.63. The first-order valence-corrected chi connectivity index (χ1v) is 49.0. The van der Waals surface area contributed by atoms with Gasteiger partial charge in [0.1, 0.15) is 48.1 Å². The van der Waals surface area contributed by atoms with Gasteiger partial charge in [-0.2, -0.15) is 31.1 Å².